The fraction of sp³-hybridized carbons (Fsp3) is 0.786. The summed E-state index contributed by atoms with van der Waals surface area (Å²) in [6.07, 6.45) is -9.79. The van der Waals surface area contributed by atoms with Crippen LogP contribution >= 0.6 is 0 Å². The summed E-state index contributed by atoms with van der Waals surface area (Å²) >= 11 is 0. The second-order valence-corrected chi connectivity index (χ2v) is 8.39. The van der Waals surface area contributed by atoms with E-state index in [0.717, 1.165) is 0 Å². The lowest BCUT2D eigenvalue weighted by Crippen LogP contribution is -2.76. The van der Waals surface area contributed by atoms with Gasteiger partial charge in [0.25, 0.3) is 10.0 Å². The highest BCUT2D eigenvalue weighted by Crippen LogP contribution is 2.64. The van der Waals surface area contributed by atoms with Crippen LogP contribution in [0.1, 0.15) is 13.3 Å². The number of allylic oxidation sites excluding steroid dienone is 1. The highest BCUT2D eigenvalue weighted by molar-refractivity contribution is 7.90. The van der Waals surface area contributed by atoms with Crippen molar-refractivity contribution in [3.05, 3.63) is 12.7 Å². The number of carbonyl (C=O) groups excluding carboxylic acids is 1. The highest BCUT2D eigenvalue weighted by Gasteiger charge is 2.96. The Labute approximate surface area is 184 Å². The fourth-order valence-electron chi connectivity index (χ4n) is 2.57. The predicted octanol–water partition coefficient (Wildman–Crippen LogP) is 5.10. The van der Waals surface area contributed by atoms with Gasteiger partial charge in [-0.1, -0.05) is 13.5 Å². The van der Waals surface area contributed by atoms with Gasteiger partial charge in [-0.25, -0.2) is 17.9 Å². The molecular weight excluding hydrogens is 566 g/mol. The number of carbonyl (C=O) groups is 1. The van der Waals surface area contributed by atoms with Crippen molar-refractivity contribution >= 4 is 15.8 Å². The SMILES string of the molecule is C=CC(=O)C(CC)C(F)(C(F)(F)C(F)(F)C(F)(F)C(F)(F)C(F)(F)C(F)(F)C(F)(F)F)S(N)(=O)=O. The minimum absolute atomic E-state index is 0.257. The van der Waals surface area contributed by atoms with Crippen molar-refractivity contribution in [3.8, 4) is 0 Å². The average Bonchev–Trinajstić information content (AvgIpc) is 2.65. The summed E-state index contributed by atoms with van der Waals surface area (Å²) in [6.45, 7) is 2.85. The first-order chi connectivity index (χ1) is 14.9. The lowest BCUT2D eigenvalue weighted by Gasteiger charge is -2.45. The van der Waals surface area contributed by atoms with Crippen molar-refractivity contribution in [1.82, 2.24) is 0 Å². The summed E-state index contributed by atoms with van der Waals surface area (Å²) in [5, 5.41) is -2.57. The number of nitrogens with two attached hydrogens (primary N) is 1. The van der Waals surface area contributed by atoms with Crippen LogP contribution in [-0.4, -0.2) is 60.9 Å². The molecule has 0 aromatic carbocycles. The Morgan fingerprint density at radius 3 is 1.23 bits per heavy atom. The second kappa shape index (κ2) is 8.65. The molecule has 0 aromatic rings. The van der Waals surface area contributed by atoms with Crippen molar-refractivity contribution < 1.29 is 83.5 Å². The molecule has 0 aliphatic rings. The van der Waals surface area contributed by atoms with E-state index in [1.54, 1.807) is 0 Å². The molecule has 0 saturated carbocycles. The normalized spacial score (nSPS) is 18.1. The molecule has 0 saturated heterocycles. The summed E-state index contributed by atoms with van der Waals surface area (Å²) in [5.41, 5.74) is 0. The van der Waals surface area contributed by atoms with Gasteiger partial charge < -0.3 is 0 Å². The molecule has 0 spiro atoms. The average molecular weight is 577 g/mol. The van der Waals surface area contributed by atoms with E-state index in [4.69, 9.17) is 0 Å². The van der Waals surface area contributed by atoms with E-state index in [2.05, 4.69) is 11.7 Å². The van der Waals surface area contributed by atoms with Crippen LogP contribution in [0.15, 0.2) is 12.7 Å². The van der Waals surface area contributed by atoms with Gasteiger partial charge in [0.05, 0.1) is 5.92 Å². The van der Waals surface area contributed by atoms with Crippen LogP contribution < -0.4 is 5.14 Å². The third-order valence-electron chi connectivity index (χ3n) is 4.57. The van der Waals surface area contributed by atoms with Crippen molar-refractivity contribution in [1.29, 1.82) is 0 Å². The highest BCUT2D eigenvalue weighted by atomic mass is 32.2. The van der Waals surface area contributed by atoms with Gasteiger partial charge >= 0.3 is 46.7 Å². The largest absolute Gasteiger partial charge is 0.460 e. The summed E-state index contributed by atoms with van der Waals surface area (Å²) in [4.78, 5) is 11.5. The molecule has 0 bridgehead atoms. The van der Waals surface area contributed by atoms with Crippen LogP contribution in [0.3, 0.4) is 0 Å². The van der Waals surface area contributed by atoms with Gasteiger partial charge in [0.1, 0.15) is 0 Å². The first-order valence-electron chi connectivity index (χ1n) is 8.14. The molecule has 0 fully saturated rings. The number of hydrogen-bond acceptors (Lipinski definition) is 3. The zero-order valence-corrected chi connectivity index (χ0v) is 17.1. The Balaban J connectivity index is 7.45. The molecule has 0 radical (unpaired) electrons. The van der Waals surface area contributed by atoms with E-state index in [1.807, 2.05) is 0 Å². The monoisotopic (exact) mass is 577 g/mol. The molecule has 0 amide bonds. The molecule has 21 heteroatoms. The van der Waals surface area contributed by atoms with E-state index < -0.39 is 74.9 Å². The van der Waals surface area contributed by atoms with Gasteiger partial charge in [-0.3, -0.25) is 4.79 Å². The Morgan fingerprint density at radius 2 is 1.00 bits per heavy atom. The number of primary sulfonamides is 1. The summed E-state index contributed by atoms with van der Waals surface area (Å²) in [7, 11) is -7.12. The minimum atomic E-state index is -8.78. The van der Waals surface area contributed by atoms with E-state index in [9.17, 15) is 79.1 Å². The molecule has 0 heterocycles. The van der Waals surface area contributed by atoms with E-state index >= 15 is 4.39 Å². The maximum Gasteiger partial charge on any atom is 0.460 e. The number of alkyl halides is 16. The van der Waals surface area contributed by atoms with Gasteiger partial charge in [-0.05, 0) is 12.5 Å². The smallest absolute Gasteiger partial charge is 0.294 e. The molecule has 0 aromatic heterocycles. The minimum Gasteiger partial charge on any atom is -0.294 e. The second-order valence-electron chi connectivity index (χ2n) is 6.70. The topological polar surface area (TPSA) is 77.2 Å². The first kappa shape index (κ1) is 33.2. The van der Waals surface area contributed by atoms with Crippen LogP contribution in [0.5, 0.6) is 0 Å². The Hall–Kier alpha value is -1.80. The summed E-state index contributed by atoms with van der Waals surface area (Å²) < 4.78 is 238. The van der Waals surface area contributed by atoms with Crippen molar-refractivity contribution in [2.75, 3.05) is 0 Å². The summed E-state index contributed by atoms with van der Waals surface area (Å²) in [5.74, 6) is -57.1. The third kappa shape index (κ3) is 4.14. The van der Waals surface area contributed by atoms with Crippen molar-refractivity contribution in [3.63, 3.8) is 0 Å². The zero-order chi connectivity index (χ0) is 29.1. The molecule has 0 aliphatic heterocycles. The molecule has 2 N–H and O–H groups in total. The van der Waals surface area contributed by atoms with E-state index in [0.29, 0.717) is 6.92 Å². The molecule has 2 atom stereocenters. The maximum absolute atomic E-state index is 15.0. The molecule has 2 unspecified atom stereocenters. The van der Waals surface area contributed by atoms with Crippen molar-refractivity contribution in [2.45, 2.75) is 60.1 Å². The fourth-order valence-corrected chi connectivity index (χ4v) is 3.73. The Morgan fingerprint density at radius 1 is 0.714 bits per heavy atom. The Kier molecular flexibility index (Phi) is 8.20. The van der Waals surface area contributed by atoms with Gasteiger partial charge in [-0.15, -0.1) is 0 Å². The lowest BCUT2D eigenvalue weighted by atomic mass is 9.83. The van der Waals surface area contributed by atoms with Crippen LogP contribution in [0.2, 0.25) is 0 Å². The van der Waals surface area contributed by atoms with Crippen LogP contribution in [-0.2, 0) is 14.8 Å². The number of halogens is 16. The van der Waals surface area contributed by atoms with Crippen LogP contribution in [0.4, 0.5) is 70.2 Å². The zero-order valence-electron chi connectivity index (χ0n) is 16.3. The molecule has 0 rings (SSSR count). The van der Waals surface area contributed by atoms with Gasteiger partial charge in [0.15, 0.2) is 5.78 Å². The maximum atomic E-state index is 15.0. The van der Waals surface area contributed by atoms with E-state index in [1.165, 1.54) is 0 Å². The van der Waals surface area contributed by atoms with Crippen LogP contribution in [0.25, 0.3) is 0 Å². The number of ketones is 1. The molecule has 0 aliphatic carbocycles. The molecule has 35 heavy (non-hydrogen) atoms. The predicted molar refractivity (Wildman–Crippen MR) is 81.7 cm³/mol. The Bertz CT molecular complexity index is 942. The quantitative estimate of drug-likeness (QED) is 0.275. The molecular formula is C14H11F16NO3S. The van der Waals surface area contributed by atoms with E-state index in [-0.39, 0.29) is 6.08 Å². The lowest BCUT2D eigenvalue weighted by molar-refractivity contribution is -0.456. The van der Waals surface area contributed by atoms with Gasteiger partial charge in [0.2, 0.25) is 0 Å². The van der Waals surface area contributed by atoms with Gasteiger partial charge in [0, 0.05) is 0 Å². The van der Waals surface area contributed by atoms with Gasteiger partial charge in [-0.2, -0.15) is 65.9 Å². The standard InChI is InChI=1S/C14H11F16NO3S/c1-3-5(6(32)4-2)7(15,35(31,33)34)8(16,17)9(18,19)10(20,21)11(22,23)12(24,25)13(26,27)14(28,29)30/h4-5H,2-3H2,1H3,(H2,31,33,34). The first-order valence-corrected chi connectivity index (χ1v) is 9.69. The molecule has 4 nitrogen and oxygen atoms in total. The molecule has 208 valence electrons. The summed E-state index contributed by atoms with van der Waals surface area (Å²) in [6, 6.07) is 0. The third-order valence-corrected chi connectivity index (χ3v) is 5.94. The number of sulfonamides is 1. The number of hydrogen-bond donors (Lipinski definition) is 1. The number of rotatable bonds is 11. The van der Waals surface area contributed by atoms with Crippen molar-refractivity contribution in [2.24, 2.45) is 11.1 Å². The van der Waals surface area contributed by atoms with Crippen LogP contribution in [0, 0.1) is 5.92 Å².